The van der Waals surface area contributed by atoms with Gasteiger partial charge < -0.3 is 26.6 Å². The number of hydrogen-bond donors (Lipinski definition) is 0. The Balaban J connectivity index is 2.07. The monoisotopic (exact) mass is 670 g/mol. The lowest BCUT2D eigenvalue weighted by Crippen LogP contribution is -2.46. The quantitative estimate of drug-likeness (QED) is 0.101. The van der Waals surface area contributed by atoms with Crippen LogP contribution in [-0.2, 0) is 36.1 Å². The Kier molecular flexibility index (Phi) is 16.0. The van der Waals surface area contributed by atoms with E-state index in [4.69, 9.17) is 51.0 Å². The summed E-state index contributed by atoms with van der Waals surface area (Å²) in [5.41, 5.74) is 0. The van der Waals surface area contributed by atoms with Crippen LogP contribution < -0.4 is 0 Å². The minimum Gasteiger partial charge on any atom is -0.374 e. The maximum atomic E-state index is 13.4. The van der Waals surface area contributed by atoms with E-state index in [1.165, 1.54) is 9.80 Å². The molecule has 10 nitrogen and oxygen atoms in total. The first-order valence-electron chi connectivity index (χ1n) is 13.8. The highest BCUT2D eigenvalue weighted by Crippen LogP contribution is 2.42. The highest BCUT2D eigenvalue weighted by Gasteiger charge is 2.45. The van der Waals surface area contributed by atoms with Gasteiger partial charge in [-0.05, 0) is 54.4 Å². The second-order valence-corrected chi connectivity index (χ2v) is 17.2. The molecule has 0 atom stereocenters. The molecular weight excluding hydrogens is 629 g/mol. The molecule has 0 spiro atoms. The lowest BCUT2D eigenvalue weighted by molar-refractivity contribution is -0.124. The van der Waals surface area contributed by atoms with Gasteiger partial charge in [-0.15, -0.1) is 0 Å². The zero-order valence-electron chi connectivity index (χ0n) is 24.3. The van der Waals surface area contributed by atoms with E-state index < -0.39 is 17.6 Å². The molecule has 0 N–H and O–H groups in total. The molecule has 2 saturated heterocycles. The number of thioether (sulfide) groups is 2. The smallest absolute Gasteiger partial charge is 0.374 e. The van der Waals surface area contributed by atoms with Crippen LogP contribution in [0, 0.1) is 0 Å². The number of hydrogen-bond acceptors (Lipinski definition) is 12. The Morgan fingerprint density at radius 3 is 1.10 bits per heavy atom. The fourth-order valence-corrected chi connectivity index (χ4v) is 12.3. The second kappa shape index (κ2) is 17.8. The van der Waals surface area contributed by atoms with Crippen molar-refractivity contribution in [1.29, 1.82) is 0 Å². The first-order valence-corrected chi connectivity index (χ1v) is 20.1. The predicted molar refractivity (Wildman–Crippen MR) is 171 cm³/mol. The van der Waals surface area contributed by atoms with E-state index in [9.17, 15) is 9.59 Å². The Morgan fingerprint density at radius 2 is 0.850 bits per heavy atom. The van der Waals surface area contributed by atoms with Crippen LogP contribution in [0.3, 0.4) is 0 Å². The summed E-state index contributed by atoms with van der Waals surface area (Å²) in [6.07, 6.45) is 1.19. The molecule has 0 radical (unpaired) electrons. The van der Waals surface area contributed by atoms with Crippen LogP contribution >= 0.6 is 48.0 Å². The summed E-state index contributed by atoms with van der Waals surface area (Å²) in [6.45, 7) is 15.2. The van der Waals surface area contributed by atoms with Gasteiger partial charge in [0, 0.05) is 64.8 Å². The molecule has 2 rings (SSSR count). The van der Waals surface area contributed by atoms with E-state index in [0.717, 1.165) is 23.5 Å². The SMILES string of the molecule is CCO[Si](CCCN1C(=O)C(=C2SC(=S)N(CCC[Si](OCC)(OCC)OCC)C2=O)SC1=S)(OCC)OCC. The molecule has 0 aromatic heterocycles. The fourth-order valence-electron chi connectivity index (χ4n) is 4.37. The van der Waals surface area contributed by atoms with Gasteiger partial charge in [-0.25, -0.2) is 0 Å². The fraction of sp³-hybridized carbons (Fsp3) is 0.750. The van der Waals surface area contributed by atoms with Crippen molar-refractivity contribution in [2.24, 2.45) is 0 Å². The first kappa shape index (κ1) is 35.9. The average Bonchev–Trinajstić information content (AvgIpc) is 3.34. The summed E-state index contributed by atoms with van der Waals surface area (Å²) in [5, 5.41) is 0. The van der Waals surface area contributed by atoms with Crippen molar-refractivity contribution in [2.45, 2.75) is 66.5 Å². The molecule has 228 valence electrons. The zero-order chi connectivity index (χ0) is 29.8. The van der Waals surface area contributed by atoms with Gasteiger partial charge in [-0.2, -0.15) is 0 Å². The van der Waals surface area contributed by atoms with Crippen molar-refractivity contribution in [3.05, 3.63) is 9.81 Å². The molecule has 0 aromatic carbocycles. The van der Waals surface area contributed by atoms with Gasteiger partial charge >= 0.3 is 17.6 Å². The Labute approximate surface area is 259 Å². The molecule has 2 aliphatic rings. The Morgan fingerprint density at radius 1 is 0.575 bits per heavy atom. The van der Waals surface area contributed by atoms with E-state index in [2.05, 4.69) is 0 Å². The highest BCUT2D eigenvalue weighted by molar-refractivity contribution is 8.29. The van der Waals surface area contributed by atoms with Crippen molar-refractivity contribution in [1.82, 2.24) is 9.80 Å². The third-order valence-corrected chi connectivity index (χ3v) is 15.1. The third-order valence-electron chi connectivity index (χ3n) is 5.82. The van der Waals surface area contributed by atoms with Crippen molar-refractivity contribution in [3.63, 3.8) is 0 Å². The van der Waals surface area contributed by atoms with Crippen LogP contribution in [-0.4, -0.2) is 101 Å². The average molecular weight is 671 g/mol. The minimum atomic E-state index is -2.83. The molecule has 0 aromatic rings. The van der Waals surface area contributed by atoms with Crippen molar-refractivity contribution >= 4 is 86.0 Å². The molecule has 0 unspecified atom stereocenters. The van der Waals surface area contributed by atoms with Gasteiger partial charge in [0.05, 0.1) is 9.81 Å². The summed E-state index contributed by atoms with van der Waals surface area (Å²) >= 11 is 13.3. The molecule has 0 bridgehead atoms. The number of carbonyl (C=O) groups excluding carboxylic acids is 2. The summed E-state index contributed by atoms with van der Waals surface area (Å²) in [7, 11) is -5.66. The molecule has 2 amide bonds. The van der Waals surface area contributed by atoms with E-state index >= 15 is 0 Å². The van der Waals surface area contributed by atoms with Gasteiger partial charge in [0.1, 0.15) is 8.64 Å². The van der Waals surface area contributed by atoms with Crippen LogP contribution in [0.2, 0.25) is 12.1 Å². The number of carbonyl (C=O) groups is 2. The second-order valence-electron chi connectivity index (χ2n) is 8.48. The van der Waals surface area contributed by atoms with Gasteiger partial charge in [-0.3, -0.25) is 19.4 Å². The molecular formula is C24H42N2O8S4Si2. The minimum absolute atomic E-state index is 0.276. The summed E-state index contributed by atoms with van der Waals surface area (Å²) < 4.78 is 36.3. The van der Waals surface area contributed by atoms with Crippen LogP contribution in [0.1, 0.15) is 54.4 Å². The lowest BCUT2D eigenvalue weighted by Gasteiger charge is -2.29. The summed E-state index contributed by atoms with van der Waals surface area (Å²) in [4.78, 5) is 30.5. The van der Waals surface area contributed by atoms with Crippen LogP contribution in [0.5, 0.6) is 0 Å². The molecule has 2 fully saturated rings. The van der Waals surface area contributed by atoms with Gasteiger partial charge in [0.25, 0.3) is 11.8 Å². The predicted octanol–water partition coefficient (Wildman–Crippen LogP) is 4.80. The topological polar surface area (TPSA) is 96.0 Å². The van der Waals surface area contributed by atoms with Crippen LogP contribution in [0.15, 0.2) is 9.81 Å². The van der Waals surface area contributed by atoms with Crippen LogP contribution in [0.25, 0.3) is 0 Å². The highest BCUT2D eigenvalue weighted by atomic mass is 32.2. The summed E-state index contributed by atoms with van der Waals surface area (Å²) in [6, 6.07) is 1.13. The molecule has 16 heteroatoms. The number of amides is 2. The molecule has 2 aliphatic heterocycles. The maximum absolute atomic E-state index is 13.4. The lowest BCUT2D eigenvalue weighted by atomic mass is 10.3. The largest absolute Gasteiger partial charge is 0.500 e. The van der Waals surface area contributed by atoms with Gasteiger partial charge in [0.2, 0.25) is 0 Å². The zero-order valence-corrected chi connectivity index (χ0v) is 29.5. The Bertz CT molecular complexity index is 837. The van der Waals surface area contributed by atoms with E-state index in [0.29, 0.717) is 96.1 Å². The molecule has 0 aliphatic carbocycles. The van der Waals surface area contributed by atoms with E-state index in [-0.39, 0.29) is 11.8 Å². The molecule has 2 heterocycles. The number of thiocarbonyl (C=S) groups is 2. The maximum Gasteiger partial charge on any atom is 0.500 e. The number of nitrogens with zero attached hydrogens (tertiary/aromatic N) is 2. The molecule has 40 heavy (non-hydrogen) atoms. The van der Waals surface area contributed by atoms with Crippen molar-refractivity contribution in [2.75, 3.05) is 52.7 Å². The normalized spacial score (nSPS) is 18.6. The number of rotatable bonds is 20. The molecule has 0 saturated carbocycles. The van der Waals surface area contributed by atoms with Gasteiger partial charge in [-0.1, -0.05) is 48.0 Å². The van der Waals surface area contributed by atoms with E-state index in [1.54, 1.807) is 0 Å². The first-order chi connectivity index (χ1) is 19.2. The van der Waals surface area contributed by atoms with Crippen LogP contribution in [0.4, 0.5) is 0 Å². The summed E-state index contributed by atoms with van der Waals surface area (Å²) in [5.74, 6) is -0.551. The van der Waals surface area contributed by atoms with Crippen molar-refractivity contribution in [3.8, 4) is 0 Å². The standard InChI is InChI=1S/C24H42N2O8S4Si2/c1-7-29-39(30-8-2,31-9-3)17-13-15-25-21(27)19(37-23(25)35)20-22(28)26(24(36)38-20)16-14-18-40(32-10-4,33-11-5)34-12-6/h7-18H2,1-6H3. The van der Waals surface area contributed by atoms with Crippen molar-refractivity contribution < 1.29 is 36.1 Å². The third kappa shape index (κ3) is 9.38. The van der Waals surface area contributed by atoms with E-state index in [1.807, 2.05) is 41.5 Å². The Hall–Kier alpha value is -0.246. The van der Waals surface area contributed by atoms with Gasteiger partial charge in [0.15, 0.2) is 0 Å².